The van der Waals surface area contributed by atoms with E-state index >= 15 is 0 Å². The van der Waals surface area contributed by atoms with Gasteiger partial charge in [-0.1, -0.05) is 13.8 Å². The molecule has 0 aromatic carbocycles. The van der Waals surface area contributed by atoms with Gasteiger partial charge in [0.2, 0.25) is 0 Å². The largest absolute Gasteiger partial charge is 0.378 e. The van der Waals surface area contributed by atoms with Gasteiger partial charge in [0, 0.05) is 27.2 Å². The minimum absolute atomic E-state index is 0.331. The third-order valence-electron chi connectivity index (χ3n) is 2.31. The zero-order valence-corrected chi connectivity index (χ0v) is 10.6. The summed E-state index contributed by atoms with van der Waals surface area (Å²) in [5, 5.41) is 6.21. The zero-order valence-electron chi connectivity index (χ0n) is 10.6. The third kappa shape index (κ3) is 6.33. The first kappa shape index (κ1) is 14.2. The standard InChI is InChI=1S/C11H25N3O/c1-6-15-10(9(2)3)7-8-14-11(12-4)13-5/h9-10H,6-8H2,1-5H3,(H2,12,13,14). The van der Waals surface area contributed by atoms with Gasteiger partial charge in [0.1, 0.15) is 0 Å². The van der Waals surface area contributed by atoms with E-state index in [2.05, 4.69) is 29.5 Å². The molecule has 0 fully saturated rings. The van der Waals surface area contributed by atoms with Crippen LogP contribution in [0.4, 0.5) is 0 Å². The fourth-order valence-electron chi connectivity index (χ4n) is 1.44. The molecule has 0 aromatic heterocycles. The molecule has 4 nitrogen and oxygen atoms in total. The van der Waals surface area contributed by atoms with E-state index in [1.807, 2.05) is 14.0 Å². The zero-order chi connectivity index (χ0) is 11.7. The van der Waals surface area contributed by atoms with Crippen molar-refractivity contribution in [3.8, 4) is 0 Å². The highest BCUT2D eigenvalue weighted by molar-refractivity contribution is 5.79. The molecular formula is C11H25N3O. The lowest BCUT2D eigenvalue weighted by Crippen LogP contribution is -2.37. The summed E-state index contributed by atoms with van der Waals surface area (Å²) >= 11 is 0. The van der Waals surface area contributed by atoms with E-state index in [1.165, 1.54) is 0 Å². The first-order valence-corrected chi connectivity index (χ1v) is 5.65. The van der Waals surface area contributed by atoms with Crippen molar-refractivity contribution in [3.63, 3.8) is 0 Å². The number of hydrogen-bond donors (Lipinski definition) is 2. The fourth-order valence-corrected chi connectivity index (χ4v) is 1.44. The summed E-state index contributed by atoms with van der Waals surface area (Å²) in [6.45, 7) is 8.08. The van der Waals surface area contributed by atoms with Gasteiger partial charge in [-0.15, -0.1) is 0 Å². The topological polar surface area (TPSA) is 45.6 Å². The van der Waals surface area contributed by atoms with Crippen molar-refractivity contribution in [1.82, 2.24) is 10.6 Å². The van der Waals surface area contributed by atoms with Crippen LogP contribution in [0, 0.1) is 5.92 Å². The van der Waals surface area contributed by atoms with E-state index in [-0.39, 0.29) is 0 Å². The molecule has 0 heterocycles. The van der Waals surface area contributed by atoms with Gasteiger partial charge in [0.15, 0.2) is 5.96 Å². The molecule has 15 heavy (non-hydrogen) atoms. The molecular weight excluding hydrogens is 190 g/mol. The highest BCUT2D eigenvalue weighted by Crippen LogP contribution is 2.09. The molecule has 90 valence electrons. The Morgan fingerprint density at radius 3 is 2.47 bits per heavy atom. The van der Waals surface area contributed by atoms with Gasteiger partial charge in [-0.05, 0) is 19.3 Å². The minimum atomic E-state index is 0.331. The lowest BCUT2D eigenvalue weighted by molar-refractivity contribution is 0.0258. The summed E-state index contributed by atoms with van der Waals surface area (Å²) < 4.78 is 5.65. The molecule has 1 atom stereocenters. The Morgan fingerprint density at radius 1 is 1.40 bits per heavy atom. The van der Waals surface area contributed by atoms with Crippen LogP contribution in [0.5, 0.6) is 0 Å². The van der Waals surface area contributed by atoms with Crippen molar-refractivity contribution in [3.05, 3.63) is 0 Å². The quantitative estimate of drug-likeness (QED) is 0.517. The van der Waals surface area contributed by atoms with E-state index in [4.69, 9.17) is 4.74 Å². The van der Waals surface area contributed by atoms with Gasteiger partial charge in [-0.3, -0.25) is 4.99 Å². The Bertz CT molecular complexity index is 181. The molecule has 0 radical (unpaired) electrons. The van der Waals surface area contributed by atoms with Crippen LogP contribution in [-0.4, -0.2) is 39.3 Å². The van der Waals surface area contributed by atoms with Gasteiger partial charge < -0.3 is 15.4 Å². The molecule has 0 spiro atoms. The monoisotopic (exact) mass is 215 g/mol. The fraction of sp³-hybridized carbons (Fsp3) is 0.909. The summed E-state index contributed by atoms with van der Waals surface area (Å²) in [5.74, 6) is 1.39. The van der Waals surface area contributed by atoms with Gasteiger partial charge >= 0.3 is 0 Å². The maximum Gasteiger partial charge on any atom is 0.190 e. The molecule has 0 saturated carbocycles. The molecule has 0 aliphatic carbocycles. The van der Waals surface area contributed by atoms with Crippen molar-refractivity contribution >= 4 is 5.96 Å². The van der Waals surface area contributed by atoms with E-state index in [0.717, 1.165) is 25.5 Å². The molecule has 0 aromatic rings. The van der Waals surface area contributed by atoms with Crippen molar-refractivity contribution in [1.29, 1.82) is 0 Å². The Hall–Kier alpha value is -0.770. The normalized spacial score (nSPS) is 14.1. The molecule has 1 unspecified atom stereocenters. The van der Waals surface area contributed by atoms with Crippen LogP contribution >= 0.6 is 0 Å². The maximum absolute atomic E-state index is 5.65. The number of nitrogens with zero attached hydrogens (tertiary/aromatic N) is 1. The highest BCUT2D eigenvalue weighted by atomic mass is 16.5. The Kier molecular flexibility index (Phi) is 8.09. The third-order valence-corrected chi connectivity index (χ3v) is 2.31. The summed E-state index contributed by atoms with van der Waals surface area (Å²) in [5.41, 5.74) is 0. The Labute approximate surface area is 93.5 Å². The van der Waals surface area contributed by atoms with Gasteiger partial charge in [0.05, 0.1) is 6.10 Å². The van der Waals surface area contributed by atoms with Crippen LogP contribution in [0.1, 0.15) is 27.2 Å². The molecule has 0 aliphatic heterocycles. The molecule has 4 heteroatoms. The van der Waals surface area contributed by atoms with Crippen LogP contribution in [0.2, 0.25) is 0 Å². The summed E-state index contributed by atoms with van der Waals surface area (Å²) in [4.78, 5) is 4.05. The van der Waals surface area contributed by atoms with Crippen LogP contribution in [-0.2, 0) is 4.74 Å². The van der Waals surface area contributed by atoms with Crippen LogP contribution in [0.25, 0.3) is 0 Å². The first-order chi connectivity index (χ1) is 7.15. The SMILES string of the molecule is CCOC(CCNC(=NC)NC)C(C)C. The Balaban J connectivity index is 3.80. The van der Waals surface area contributed by atoms with Crippen molar-refractivity contribution in [2.24, 2.45) is 10.9 Å². The van der Waals surface area contributed by atoms with Crippen LogP contribution < -0.4 is 10.6 Å². The summed E-state index contributed by atoms with van der Waals surface area (Å²) in [6, 6.07) is 0. The van der Waals surface area contributed by atoms with Gasteiger partial charge in [-0.25, -0.2) is 0 Å². The molecule has 0 aliphatic rings. The molecule has 0 amide bonds. The van der Waals surface area contributed by atoms with Crippen molar-refractivity contribution < 1.29 is 4.74 Å². The van der Waals surface area contributed by atoms with E-state index in [0.29, 0.717) is 12.0 Å². The average Bonchev–Trinajstić information content (AvgIpc) is 2.22. The minimum Gasteiger partial charge on any atom is -0.378 e. The van der Waals surface area contributed by atoms with Crippen LogP contribution in [0.3, 0.4) is 0 Å². The average molecular weight is 215 g/mol. The first-order valence-electron chi connectivity index (χ1n) is 5.65. The summed E-state index contributed by atoms with van der Waals surface area (Å²) in [7, 11) is 3.62. The molecule has 2 N–H and O–H groups in total. The van der Waals surface area contributed by atoms with Gasteiger partial charge in [-0.2, -0.15) is 0 Å². The van der Waals surface area contributed by atoms with Crippen LogP contribution in [0.15, 0.2) is 4.99 Å². The number of aliphatic imine (C=N–C) groups is 1. The second-order valence-electron chi connectivity index (χ2n) is 3.78. The molecule has 0 rings (SSSR count). The predicted octanol–water partition coefficient (Wildman–Crippen LogP) is 1.23. The number of ether oxygens (including phenoxy) is 1. The number of hydrogen-bond acceptors (Lipinski definition) is 2. The van der Waals surface area contributed by atoms with Crippen molar-refractivity contribution in [2.75, 3.05) is 27.2 Å². The van der Waals surface area contributed by atoms with E-state index in [9.17, 15) is 0 Å². The summed E-state index contributed by atoms with van der Waals surface area (Å²) in [6.07, 6.45) is 1.34. The van der Waals surface area contributed by atoms with E-state index in [1.54, 1.807) is 7.05 Å². The van der Waals surface area contributed by atoms with E-state index < -0.39 is 0 Å². The molecule has 0 bridgehead atoms. The predicted molar refractivity (Wildman–Crippen MR) is 65.3 cm³/mol. The second-order valence-corrected chi connectivity index (χ2v) is 3.78. The number of guanidine groups is 1. The smallest absolute Gasteiger partial charge is 0.190 e. The Morgan fingerprint density at radius 2 is 2.07 bits per heavy atom. The second kappa shape index (κ2) is 8.53. The maximum atomic E-state index is 5.65. The lowest BCUT2D eigenvalue weighted by atomic mass is 10.0. The van der Waals surface area contributed by atoms with Gasteiger partial charge in [0.25, 0.3) is 0 Å². The molecule has 0 saturated heterocycles. The highest BCUT2D eigenvalue weighted by Gasteiger charge is 2.12. The lowest BCUT2D eigenvalue weighted by Gasteiger charge is -2.21. The van der Waals surface area contributed by atoms with Crippen molar-refractivity contribution in [2.45, 2.75) is 33.3 Å². The number of nitrogens with one attached hydrogen (secondary N) is 2. The number of rotatable bonds is 6.